The molecule has 0 fully saturated rings. The Labute approximate surface area is 122 Å². The summed E-state index contributed by atoms with van der Waals surface area (Å²) in [5.74, 6) is 0. The Balaban J connectivity index is 2.05. The van der Waals surface area contributed by atoms with E-state index in [4.69, 9.17) is 5.11 Å². The van der Waals surface area contributed by atoms with Crippen LogP contribution in [0.1, 0.15) is 5.69 Å². The van der Waals surface area contributed by atoms with Crippen LogP contribution in [0.5, 0.6) is 0 Å². The van der Waals surface area contributed by atoms with Crippen LogP contribution >= 0.6 is 15.9 Å². The van der Waals surface area contributed by atoms with Crippen LogP contribution < -0.4 is 5.32 Å². The number of hydrogen-bond donors (Lipinski definition) is 2. The highest BCUT2D eigenvalue weighted by molar-refractivity contribution is 9.10. The summed E-state index contributed by atoms with van der Waals surface area (Å²) in [4.78, 5) is 10.3. The molecule has 2 rings (SSSR count). The van der Waals surface area contributed by atoms with Crippen molar-refractivity contribution >= 4 is 27.3 Å². The molecule has 0 aliphatic rings. The Morgan fingerprint density at radius 3 is 3.00 bits per heavy atom. The van der Waals surface area contributed by atoms with Crippen LogP contribution in [0, 0.1) is 10.1 Å². The lowest BCUT2D eigenvalue weighted by molar-refractivity contribution is -0.384. The van der Waals surface area contributed by atoms with Crippen LogP contribution in [0.15, 0.2) is 28.9 Å². The van der Waals surface area contributed by atoms with Gasteiger partial charge in [0.15, 0.2) is 0 Å². The maximum atomic E-state index is 10.7. The molecule has 0 aliphatic heterocycles. The summed E-state index contributed by atoms with van der Waals surface area (Å²) in [6.07, 6.45) is 1.70. The van der Waals surface area contributed by atoms with Crippen molar-refractivity contribution in [3.8, 4) is 0 Å². The van der Waals surface area contributed by atoms with Gasteiger partial charge < -0.3 is 10.4 Å². The molecule has 0 amide bonds. The minimum absolute atomic E-state index is 0.00729. The molecule has 1 aromatic heterocycles. The SMILES string of the molecule is O=[N+]([O-])c1ccc(Br)c(NCc2cn(CCO)nn2)c1. The predicted octanol–water partition coefficient (Wildman–Crippen LogP) is 1.55. The van der Waals surface area contributed by atoms with Crippen LogP contribution in [0.4, 0.5) is 11.4 Å². The number of nitrogens with one attached hydrogen (secondary N) is 1. The summed E-state index contributed by atoms with van der Waals surface area (Å²) in [6, 6.07) is 4.48. The van der Waals surface area contributed by atoms with Crippen molar-refractivity contribution < 1.29 is 10.0 Å². The minimum atomic E-state index is -0.449. The molecule has 106 valence electrons. The number of anilines is 1. The van der Waals surface area contributed by atoms with Gasteiger partial charge in [0.05, 0.1) is 36.5 Å². The smallest absolute Gasteiger partial charge is 0.271 e. The van der Waals surface area contributed by atoms with Gasteiger partial charge >= 0.3 is 0 Å². The second-order valence-electron chi connectivity index (χ2n) is 3.97. The van der Waals surface area contributed by atoms with E-state index in [1.165, 1.54) is 16.8 Å². The Morgan fingerprint density at radius 2 is 2.30 bits per heavy atom. The van der Waals surface area contributed by atoms with Gasteiger partial charge in [0.2, 0.25) is 0 Å². The number of aliphatic hydroxyl groups excluding tert-OH is 1. The fourth-order valence-corrected chi connectivity index (χ4v) is 1.97. The van der Waals surface area contributed by atoms with E-state index in [0.29, 0.717) is 24.5 Å². The normalized spacial score (nSPS) is 10.5. The zero-order valence-corrected chi connectivity index (χ0v) is 11.9. The van der Waals surface area contributed by atoms with E-state index in [9.17, 15) is 10.1 Å². The van der Waals surface area contributed by atoms with Crippen LogP contribution in [0.25, 0.3) is 0 Å². The highest BCUT2D eigenvalue weighted by Crippen LogP contribution is 2.27. The molecule has 0 radical (unpaired) electrons. The molecule has 0 spiro atoms. The summed E-state index contributed by atoms with van der Waals surface area (Å²) in [5.41, 5.74) is 1.30. The van der Waals surface area contributed by atoms with E-state index in [2.05, 4.69) is 31.6 Å². The third-order valence-electron chi connectivity index (χ3n) is 2.54. The third kappa shape index (κ3) is 3.52. The second-order valence-corrected chi connectivity index (χ2v) is 4.83. The van der Waals surface area contributed by atoms with E-state index in [-0.39, 0.29) is 12.3 Å². The molecule has 0 bridgehead atoms. The van der Waals surface area contributed by atoms with E-state index >= 15 is 0 Å². The average Bonchev–Trinajstić information content (AvgIpc) is 2.86. The number of aromatic nitrogens is 3. The van der Waals surface area contributed by atoms with Gasteiger partial charge in [-0.15, -0.1) is 5.10 Å². The minimum Gasteiger partial charge on any atom is -0.394 e. The van der Waals surface area contributed by atoms with Crippen molar-refractivity contribution in [2.45, 2.75) is 13.1 Å². The summed E-state index contributed by atoms with van der Waals surface area (Å²) in [7, 11) is 0. The molecule has 2 N–H and O–H groups in total. The van der Waals surface area contributed by atoms with Crippen molar-refractivity contribution in [1.29, 1.82) is 0 Å². The molecule has 0 atom stereocenters. The molecule has 0 saturated carbocycles. The molecular weight excluding hydrogens is 330 g/mol. The highest BCUT2D eigenvalue weighted by atomic mass is 79.9. The van der Waals surface area contributed by atoms with Gasteiger partial charge in [-0.25, -0.2) is 4.68 Å². The molecule has 9 heteroatoms. The molecule has 1 aromatic carbocycles. The second kappa shape index (κ2) is 6.44. The van der Waals surface area contributed by atoms with Crippen molar-refractivity contribution in [2.75, 3.05) is 11.9 Å². The fraction of sp³-hybridized carbons (Fsp3) is 0.273. The van der Waals surface area contributed by atoms with Gasteiger partial charge in [-0.2, -0.15) is 0 Å². The standard InChI is InChI=1S/C11H12BrN5O3/c12-10-2-1-9(17(19)20)5-11(10)13-6-8-7-16(3-4-18)15-14-8/h1-2,5,7,13,18H,3-4,6H2. The van der Waals surface area contributed by atoms with Crippen molar-refractivity contribution in [1.82, 2.24) is 15.0 Å². The summed E-state index contributed by atoms with van der Waals surface area (Å²) < 4.78 is 2.25. The number of rotatable bonds is 6. The van der Waals surface area contributed by atoms with Gasteiger partial charge in [-0.1, -0.05) is 5.21 Å². The fourth-order valence-electron chi connectivity index (χ4n) is 1.58. The molecule has 0 unspecified atom stereocenters. The van der Waals surface area contributed by atoms with Crippen LogP contribution in [-0.4, -0.2) is 31.6 Å². The number of non-ortho nitro benzene ring substituents is 1. The molecular formula is C11H12BrN5O3. The number of nitro benzene ring substituents is 1. The maximum Gasteiger partial charge on any atom is 0.271 e. The zero-order chi connectivity index (χ0) is 14.5. The van der Waals surface area contributed by atoms with Gasteiger partial charge in [0.25, 0.3) is 5.69 Å². The number of nitrogens with zero attached hydrogens (tertiary/aromatic N) is 4. The number of nitro groups is 1. The molecule has 0 saturated heterocycles. The van der Waals surface area contributed by atoms with Gasteiger partial charge in [-0.3, -0.25) is 10.1 Å². The van der Waals surface area contributed by atoms with E-state index in [0.717, 1.165) is 4.47 Å². The van der Waals surface area contributed by atoms with Crippen molar-refractivity contribution in [2.24, 2.45) is 0 Å². The van der Waals surface area contributed by atoms with E-state index < -0.39 is 4.92 Å². The highest BCUT2D eigenvalue weighted by Gasteiger charge is 2.09. The Bertz CT molecular complexity index is 616. The lowest BCUT2D eigenvalue weighted by Gasteiger charge is -2.06. The van der Waals surface area contributed by atoms with Gasteiger partial charge in [-0.05, 0) is 22.0 Å². The zero-order valence-electron chi connectivity index (χ0n) is 10.4. The van der Waals surface area contributed by atoms with E-state index in [1.807, 2.05) is 0 Å². The van der Waals surface area contributed by atoms with E-state index in [1.54, 1.807) is 12.3 Å². The first-order valence-electron chi connectivity index (χ1n) is 5.78. The molecule has 1 heterocycles. The number of halogens is 1. The van der Waals surface area contributed by atoms with Crippen LogP contribution in [0.2, 0.25) is 0 Å². The Hall–Kier alpha value is -2.00. The van der Waals surface area contributed by atoms with Gasteiger partial charge in [0.1, 0.15) is 5.69 Å². The first kappa shape index (κ1) is 14.4. The molecule has 0 aliphatic carbocycles. The van der Waals surface area contributed by atoms with Gasteiger partial charge in [0, 0.05) is 16.6 Å². The van der Waals surface area contributed by atoms with Crippen LogP contribution in [0.3, 0.4) is 0 Å². The molecule has 8 nitrogen and oxygen atoms in total. The molecule has 20 heavy (non-hydrogen) atoms. The summed E-state index contributed by atoms with van der Waals surface area (Å²) in [5, 5.41) is 30.3. The van der Waals surface area contributed by atoms with Crippen LogP contribution in [-0.2, 0) is 13.1 Å². The lowest BCUT2D eigenvalue weighted by atomic mass is 10.3. The number of benzene rings is 1. The number of hydrogen-bond acceptors (Lipinski definition) is 6. The quantitative estimate of drug-likeness (QED) is 0.609. The third-order valence-corrected chi connectivity index (χ3v) is 3.23. The van der Waals surface area contributed by atoms with Crippen molar-refractivity contribution in [3.63, 3.8) is 0 Å². The predicted molar refractivity (Wildman–Crippen MR) is 75.2 cm³/mol. The Kier molecular flexibility index (Phi) is 4.64. The lowest BCUT2D eigenvalue weighted by Crippen LogP contribution is -2.02. The summed E-state index contributed by atoms with van der Waals surface area (Å²) in [6.45, 7) is 0.755. The average molecular weight is 342 g/mol. The monoisotopic (exact) mass is 341 g/mol. The topological polar surface area (TPSA) is 106 Å². The summed E-state index contributed by atoms with van der Waals surface area (Å²) >= 11 is 3.32. The maximum absolute atomic E-state index is 10.7. The largest absolute Gasteiger partial charge is 0.394 e. The Morgan fingerprint density at radius 1 is 1.50 bits per heavy atom. The van der Waals surface area contributed by atoms with Crippen molar-refractivity contribution in [3.05, 3.63) is 44.7 Å². The first-order chi connectivity index (χ1) is 9.60. The number of aliphatic hydroxyl groups is 1. The first-order valence-corrected chi connectivity index (χ1v) is 6.57. The molecule has 2 aromatic rings.